The number of esters is 1. The summed E-state index contributed by atoms with van der Waals surface area (Å²) in [5, 5.41) is 3.99. The summed E-state index contributed by atoms with van der Waals surface area (Å²) >= 11 is 0. The van der Waals surface area contributed by atoms with E-state index < -0.39 is 11.9 Å². The van der Waals surface area contributed by atoms with Crippen LogP contribution in [-0.2, 0) is 11.4 Å². The first-order chi connectivity index (χ1) is 21.0. The fraction of sp³-hybridized carbons (Fsp3) is 0.206. The summed E-state index contributed by atoms with van der Waals surface area (Å²) in [7, 11) is 0. The number of carbonyl (C=O) groups excluding carboxylic acids is 2. The Kier molecular flexibility index (Phi) is 11.6. The van der Waals surface area contributed by atoms with Crippen molar-refractivity contribution in [2.45, 2.75) is 26.9 Å². The Balaban J connectivity index is 1.25. The predicted octanol–water partition coefficient (Wildman–Crippen LogP) is 6.20. The largest absolute Gasteiger partial charge is 0.494 e. The van der Waals surface area contributed by atoms with E-state index in [2.05, 4.69) is 10.5 Å². The number of nitrogens with one attached hydrogen (secondary N) is 1. The first-order valence-electron chi connectivity index (χ1n) is 14.0. The van der Waals surface area contributed by atoms with Gasteiger partial charge in [-0.25, -0.2) is 10.2 Å². The SMILES string of the molecule is CCCOc1ccc(C(=O)Oc2ccc(/C=N\NC(=O)COc3ccc(OCc4ccccc4)cc3)cc2OCC)cc1. The lowest BCUT2D eigenvalue weighted by molar-refractivity contribution is -0.123. The average Bonchev–Trinajstić information content (AvgIpc) is 3.04. The lowest BCUT2D eigenvalue weighted by Gasteiger charge is -2.12. The molecule has 0 aromatic heterocycles. The second-order valence-corrected chi connectivity index (χ2v) is 9.23. The van der Waals surface area contributed by atoms with Crippen LogP contribution in [0.2, 0.25) is 0 Å². The maximum atomic E-state index is 12.7. The molecule has 1 amide bonds. The Morgan fingerprint density at radius 2 is 1.42 bits per heavy atom. The topological polar surface area (TPSA) is 105 Å². The molecule has 0 heterocycles. The van der Waals surface area contributed by atoms with Crippen LogP contribution in [0.5, 0.6) is 28.7 Å². The van der Waals surface area contributed by atoms with E-state index in [4.69, 9.17) is 23.7 Å². The standard InChI is InChI=1S/C34H34N2O7/c1-3-20-40-28-13-11-27(12-14-28)34(38)43-31-19-10-26(21-32(31)39-4-2)22-35-36-33(37)24-42-30-17-15-29(16-18-30)41-23-25-8-6-5-7-9-25/h5-19,21-22H,3-4,20,23-24H2,1-2H3,(H,36,37)/b35-22-. The predicted molar refractivity (Wildman–Crippen MR) is 163 cm³/mol. The highest BCUT2D eigenvalue weighted by atomic mass is 16.6. The van der Waals surface area contributed by atoms with E-state index in [0.29, 0.717) is 53.9 Å². The van der Waals surface area contributed by atoms with E-state index in [0.717, 1.165) is 12.0 Å². The molecular formula is C34H34N2O7. The third-order valence-electron chi connectivity index (χ3n) is 5.88. The third kappa shape index (κ3) is 9.93. The Hall–Kier alpha value is -5.31. The lowest BCUT2D eigenvalue weighted by atomic mass is 10.2. The van der Waals surface area contributed by atoms with Crippen molar-refractivity contribution in [2.75, 3.05) is 19.8 Å². The van der Waals surface area contributed by atoms with E-state index >= 15 is 0 Å². The van der Waals surface area contributed by atoms with Gasteiger partial charge >= 0.3 is 5.97 Å². The number of amides is 1. The van der Waals surface area contributed by atoms with Crippen molar-refractivity contribution < 1.29 is 33.3 Å². The summed E-state index contributed by atoms with van der Waals surface area (Å²) in [5.74, 6) is 1.60. The van der Waals surface area contributed by atoms with Gasteiger partial charge in [-0.2, -0.15) is 5.10 Å². The molecule has 0 saturated carbocycles. The number of nitrogens with zero attached hydrogens (tertiary/aromatic N) is 1. The maximum absolute atomic E-state index is 12.7. The molecule has 0 aliphatic rings. The van der Waals surface area contributed by atoms with Gasteiger partial charge in [0.1, 0.15) is 23.9 Å². The third-order valence-corrected chi connectivity index (χ3v) is 5.88. The molecular weight excluding hydrogens is 548 g/mol. The van der Waals surface area contributed by atoms with Crippen LogP contribution in [0.4, 0.5) is 0 Å². The molecule has 222 valence electrons. The number of rotatable bonds is 15. The van der Waals surface area contributed by atoms with Crippen molar-refractivity contribution in [3.05, 3.63) is 114 Å². The minimum absolute atomic E-state index is 0.216. The van der Waals surface area contributed by atoms with Crippen molar-refractivity contribution in [2.24, 2.45) is 5.10 Å². The molecule has 0 bridgehead atoms. The smallest absolute Gasteiger partial charge is 0.343 e. The molecule has 9 heteroatoms. The van der Waals surface area contributed by atoms with Crippen LogP contribution >= 0.6 is 0 Å². The second-order valence-electron chi connectivity index (χ2n) is 9.23. The Labute approximate surface area is 251 Å². The number of benzene rings is 4. The van der Waals surface area contributed by atoms with Crippen molar-refractivity contribution in [3.8, 4) is 28.7 Å². The molecule has 0 spiro atoms. The minimum Gasteiger partial charge on any atom is -0.494 e. The molecule has 0 aliphatic carbocycles. The fourth-order valence-electron chi connectivity index (χ4n) is 3.76. The molecule has 4 aromatic rings. The molecule has 0 atom stereocenters. The van der Waals surface area contributed by atoms with Crippen LogP contribution in [0, 0.1) is 0 Å². The van der Waals surface area contributed by atoms with Crippen LogP contribution in [0.1, 0.15) is 41.8 Å². The molecule has 0 unspecified atom stereocenters. The molecule has 43 heavy (non-hydrogen) atoms. The highest BCUT2D eigenvalue weighted by Gasteiger charge is 2.14. The van der Waals surface area contributed by atoms with Gasteiger partial charge in [-0.3, -0.25) is 4.79 Å². The summed E-state index contributed by atoms with van der Waals surface area (Å²) in [5.41, 5.74) is 4.52. The zero-order chi connectivity index (χ0) is 30.3. The molecule has 4 rings (SSSR count). The van der Waals surface area contributed by atoms with Gasteiger partial charge in [-0.05, 0) is 91.2 Å². The Bertz CT molecular complexity index is 1490. The van der Waals surface area contributed by atoms with Crippen LogP contribution in [0.3, 0.4) is 0 Å². The molecule has 4 aromatic carbocycles. The van der Waals surface area contributed by atoms with Crippen LogP contribution in [0.15, 0.2) is 102 Å². The second kappa shape index (κ2) is 16.2. The molecule has 0 aliphatic heterocycles. The summed E-state index contributed by atoms with van der Waals surface area (Å²) in [6.07, 6.45) is 2.35. The van der Waals surface area contributed by atoms with Gasteiger partial charge in [-0.1, -0.05) is 37.3 Å². The maximum Gasteiger partial charge on any atom is 0.343 e. The molecule has 0 fully saturated rings. The van der Waals surface area contributed by atoms with Crippen LogP contribution in [-0.4, -0.2) is 37.9 Å². The van der Waals surface area contributed by atoms with Crippen LogP contribution in [0.25, 0.3) is 0 Å². The zero-order valence-corrected chi connectivity index (χ0v) is 24.2. The highest BCUT2D eigenvalue weighted by Crippen LogP contribution is 2.29. The van der Waals surface area contributed by atoms with E-state index in [1.807, 2.05) is 44.2 Å². The Morgan fingerprint density at radius 3 is 2.12 bits per heavy atom. The summed E-state index contributed by atoms with van der Waals surface area (Å²) in [6.45, 7) is 5.07. The number of hydrogen-bond acceptors (Lipinski definition) is 8. The van der Waals surface area contributed by atoms with Gasteiger partial charge in [0, 0.05) is 0 Å². The summed E-state index contributed by atoms with van der Waals surface area (Å²) in [6, 6.07) is 28.6. The monoisotopic (exact) mass is 582 g/mol. The van der Waals surface area contributed by atoms with Crippen molar-refractivity contribution >= 4 is 18.1 Å². The molecule has 0 saturated heterocycles. The van der Waals surface area contributed by atoms with Crippen molar-refractivity contribution in [1.82, 2.24) is 5.43 Å². The fourth-order valence-corrected chi connectivity index (χ4v) is 3.76. The average molecular weight is 583 g/mol. The summed E-state index contributed by atoms with van der Waals surface area (Å²) < 4.78 is 28.1. The van der Waals surface area contributed by atoms with Gasteiger partial charge in [-0.15, -0.1) is 0 Å². The zero-order valence-electron chi connectivity index (χ0n) is 24.2. The van der Waals surface area contributed by atoms with Gasteiger partial charge in [0.15, 0.2) is 18.1 Å². The summed E-state index contributed by atoms with van der Waals surface area (Å²) in [4.78, 5) is 24.9. The molecule has 1 N–H and O–H groups in total. The number of hydrazone groups is 1. The number of ether oxygens (including phenoxy) is 5. The first kappa shape index (κ1) is 30.6. The molecule has 9 nitrogen and oxygen atoms in total. The number of carbonyl (C=O) groups is 2. The van der Waals surface area contributed by atoms with E-state index in [1.165, 1.54) is 6.21 Å². The van der Waals surface area contributed by atoms with Crippen molar-refractivity contribution in [1.29, 1.82) is 0 Å². The van der Waals surface area contributed by atoms with Gasteiger partial charge in [0.2, 0.25) is 0 Å². The van der Waals surface area contributed by atoms with Gasteiger partial charge in [0.05, 0.1) is 25.0 Å². The van der Waals surface area contributed by atoms with Gasteiger partial charge < -0.3 is 23.7 Å². The quantitative estimate of drug-likeness (QED) is 0.0770. The van der Waals surface area contributed by atoms with E-state index in [-0.39, 0.29) is 12.4 Å². The minimum atomic E-state index is -0.522. The normalized spacial score (nSPS) is 10.7. The van der Waals surface area contributed by atoms with Gasteiger partial charge in [0.25, 0.3) is 5.91 Å². The van der Waals surface area contributed by atoms with Crippen molar-refractivity contribution in [3.63, 3.8) is 0 Å². The highest BCUT2D eigenvalue weighted by molar-refractivity contribution is 5.92. The first-order valence-corrected chi connectivity index (χ1v) is 14.0. The van der Waals surface area contributed by atoms with E-state index in [1.54, 1.807) is 66.7 Å². The van der Waals surface area contributed by atoms with E-state index in [9.17, 15) is 9.59 Å². The molecule has 0 radical (unpaired) electrons. The van der Waals surface area contributed by atoms with Crippen LogP contribution < -0.4 is 29.1 Å². The Morgan fingerprint density at radius 1 is 0.744 bits per heavy atom. The number of hydrogen-bond donors (Lipinski definition) is 1. The lowest BCUT2D eigenvalue weighted by Crippen LogP contribution is -2.24.